The van der Waals surface area contributed by atoms with E-state index in [9.17, 15) is 14.0 Å². The van der Waals surface area contributed by atoms with Crippen LogP contribution < -0.4 is 10.1 Å². The second-order valence-corrected chi connectivity index (χ2v) is 9.74. The van der Waals surface area contributed by atoms with Gasteiger partial charge in [-0.15, -0.1) is 11.3 Å². The summed E-state index contributed by atoms with van der Waals surface area (Å²) in [4.78, 5) is 31.2. The van der Waals surface area contributed by atoms with E-state index in [1.807, 2.05) is 41.1 Å². The van der Waals surface area contributed by atoms with Crippen LogP contribution in [0.2, 0.25) is 0 Å². The van der Waals surface area contributed by atoms with Crippen molar-refractivity contribution in [3.63, 3.8) is 0 Å². The molecule has 2 aromatic heterocycles. The molecule has 9 heteroatoms. The van der Waals surface area contributed by atoms with Gasteiger partial charge in [-0.2, -0.15) is 0 Å². The van der Waals surface area contributed by atoms with Gasteiger partial charge in [0.05, 0.1) is 12.8 Å². The maximum Gasteiger partial charge on any atom is 0.322 e. The van der Waals surface area contributed by atoms with Crippen molar-refractivity contribution in [3.8, 4) is 5.75 Å². The third-order valence-corrected chi connectivity index (χ3v) is 7.45. The fourth-order valence-electron chi connectivity index (χ4n) is 4.62. The number of methoxy groups -OCH3 is 1. The molecule has 3 heterocycles. The summed E-state index contributed by atoms with van der Waals surface area (Å²) in [6.45, 7) is 3.69. The maximum absolute atomic E-state index is 13.6. The van der Waals surface area contributed by atoms with Crippen LogP contribution in [-0.2, 0) is 6.54 Å². The largest absolute Gasteiger partial charge is 0.495 e. The summed E-state index contributed by atoms with van der Waals surface area (Å²) in [6, 6.07) is 17.1. The van der Waals surface area contributed by atoms with Gasteiger partial charge in [-0.05, 0) is 54.3 Å². The predicted octanol–water partition coefficient (Wildman–Crippen LogP) is 5.28. The van der Waals surface area contributed by atoms with E-state index in [-0.39, 0.29) is 23.8 Å². The zero-order chi connectivity index (χ0) is 25.2. The average Bonchev–Trinajstić information content (AvgIpc) is 3.47. The van der Waals surface area contributed by atoms with Crippen molar-refractivity contribution in [1.29, 1.82) is 0 Å². The lowest BCUT2D eigenvalue weighted by atomic mass is 10.1. The Morgan fingerprint density at radius 2 is 1.89 bits per heavy atom. The molecular weight excluding hydrogens is 479 g/mol. The van der Waals surface area contributed by atoms with Gasteiger partial charge in [-0.1, -0.05) is 24.3 Å². The number of piperazine rings is 1. The van der Waals surface area contributed by atoms with Crippen LogP contribution in [-0.4, -0.2) is 59.1 Å². The maximum atomic E-state index is 13.6. The highest BCUT2D eigenvalue weighted by molar-refractivity contribution is 7.16. The lowest BCUT2D eigenvalue weighted by Crippen LogP contribution is -2.56. The van der Waals surface area contributed by atoms with Gasteiger partial charge in [0.25, 0.3) is 5.91 Å². The SMILES string of the molecule is COc1ccccc1NC(=O)N1CCN(C(=O)c2cc3ccsc3n2Cc2ccc(F)cc2)C[C@H]1C. The van der Waals surface area contributed by atoms with Crippen molar-refractivity contribution in [2.24, 2.45) is 0 Å². The van der Waals surface area contributed by atoms with E-state index in [1.165, 1.54) is 12.1 Å². The van der Waals surface area contributed by atoms with Gasteiger partial charge in [0.1, 0.15) is 22.1 Å². The molecule has 4 aromatic rings. The lowest BCUT2D eigenvalue weighted by Gasteiger charge is -2.39. The molecule has 1 fully saturated rings. The summed E-state index contributed by atoms with van der Waals surface area (Å²) in [6.07, 6.45) is 0. The lowest BCUT2D eigenvalue weighted by molar-refractivity contribution is 0.0583. The Bertz CT molecular complexity index is 1400. The first-order chi connectivity index (χ1) is 17.4. The smallest absolute Gasteiger partial charge is 0.322 e. The number of carbonyl (C=O) groups excluding carboxylic acids is 2. The molecule has 0 unspecified atom stereocenters. The number of rotatable bonds is 5. The zero-order valence-corrected chi connectivity index (χ0v) is 20.9. The quantitative estimate of drug-likeness (QED) is 0.401. The Balaban J connectivity index is 1.31. The molecular formula is C27H27FN4O3S. The van der Waals surface area contributed by atoms with Gasteiger partial charge >= 0.3 is 6.03 Å². The summed E-state index contributed by atoms with van der Waals surface area (Å²) in [5.74, 6) is 0.233. The number of hydrogen-bond acceptors (Lipinski definition) is 4. The molecule has 186 valence electrons. The number of ether oxygens (including phenoxy) is 1. The Morgan fingerprint density at radius 3 is 2.64 bits per heavy atom. The zero-order valence-electron chi connectivity index (χ0n) is 20.1. The highest BCUT2D eigenvalue weighted by Gasteiger charge is 2.32. The Morgan fingerprint density at radius 1 is 1.11 bits per heavy atom. The molecule has 1 atom stereocenters. The summed E-state index contributed by atoms with van der Waals surface area (Å²) < 4.78 is 20.7. The minimum absolute atomic E-state index is 0.0721. The minimum atomic E-state index is -0.287. The number of para-hydroxylation sites is 2. The second kappa shape index (κ2) is 10.0. The van der Waals surface area contributed by atoms with Crippen LogP contribution in [0.5, 0.6) is 5.75 Å². The van der Waals surface area contributed by atoms with Gasteiger partial charge in [0.2, 0.25) is 0 Å². The molecule has 5 rings (SSSR count). The molecule has 1 saturated heterocycles. The van der Waals surface area contributed by atoms with Gasteiger partial charge in [0, 0.05) is 37.6 Å². The highest BCUT2D eigenvalue weighted by Crippen LogP contribution is 2.28. The van der Waals surface area contributed by atoms with E-state index < -0.39 is 0 Å². The highest BCUT2D eigenvalue weighted by atomic mass is 32.1. The van der Waals surface area contributed by atoms with Crippen molar-refractivity contribution in [3.05, 3.63) is 83.1 Å². The average molecular weight is 507 g/mol. The number of halogens is 1. The minimum Gasteiger partial charge on any atom is -0.495 e. The molecule has 0 aliphatic carbocycles. The van der Waals surface area contributed by atoms with Crippen LogP contribution in [0, 0.1) is 5.82 Å². The molecule has 0 saturated carbocycles. The number of nitrogens with zero attached hydrogens (tertiary/aromatic N) is 3. The standard InChI is InChI=1S/C27H27FN4O3S/c1-18-16-30(12-13-31(18)27(34)29-22-5-3-4-6-24(22)35-2)25(33)23-15-20-11-14-36-26(20)32(23)17-19-7-9-21(28)10-8-19/h3-11,14-15,18H,12-13,16-17H2,1-2H3,(H,29,34)/t18-/m1/s1. The van der Waals surface area contributed by atoms with E-state index >= 15 is 0 Å². The number of aromatic nitrogens is 1. The third-order valence-electron chi connectivity index (χ3n) is 6.50. The number of anilines is 1. The molecule has 2 aromatic carbocycles. The Hall–Kier alpha value is -3.85. The number of fused-ring (bicyclic) bond motifs is 1. The Labute approximate surface area is 212 Å². The molecule has 1 aliphatic rings. The summed E-state index contributed by atoms with van der Waals surface area (Å²) in [7, 11) is 1.56. The number of carbonyl (C=O) groups is 2. The van der Waals surface area contributed by atoms with E-state index in [4.69, 9.17) is 4.74 Å². The fourth-order valence-corrected chi connectivity index (χ4v) is 5.52. The molecule has 36 heavy (non-hydrogen) atoms. The second-order valence-electron chi connectivity index (χ2n) is 8.85. The van der Waals surface area contributed by atoms with Crippen LogP contribution in [0.3, 0.4) is 0 Å². The van der Waals surface area contributed by atoms with E-state index in [1.54, 1.807) is 52.5 Å². The Kier molecular flexibility index (Phi) is 6.65. The number of nitrogens with one attached hydrogen (secondary N) is 1. The molecule has 1 aliphatic heterocycles. The topological polar surface area (TPSA) is 66.8 Å². The van der Waals surface area contributed by atoms with E-state index in [2.05, 4.69) is 5.32 Å². The fraction of sp³-hybridized carbons (Fsp3) is 0.259. The number of benzene rings is 2. The van der Waals surface area contributed by atoms with Crippen LogP contribution in [0.15, 0.2) is 66.0 Å². The van der Waals surface area contributed by atoms with Crippen molar-refractivity contribution in [1.82, 2.24) is 14.4 Å². The summed E-state index contributed by atoms with van der Waals surface area (Å²) in [5.41, 5.74) is 2.12. The monoisotopic (exact) mass is 506 g/mol. The third kappa shape index (κ3) is 4.66. The first kappa shape index (κ1) is 23.9. The number of thiophene rings is 1. The van der Waals surface area contributed by atoms with Crippen LogP contribution >= 0.6 is 11.3 Å². The van der Waals surface area contributed by atoms with Crippen LogP contribution in [0.4, 0.5) is 14.9 Å². The number of hydrogen-bond donors (Lipinski definition) is 1. The van der Waals surface area contributed by atoms with Gasteiger partial charge < -0.3 is 24.4 Å². The normalized spacial score (nSPS) is 15.8. The molecule has 7 nitrogen and oxygen atoms in total. The van der Waals surface area contributed by atoms with Crippen molar-refractivity contribution >= 4 is 39.2 Å². The van der Waals surface area contributed by atoms with Gasteiger partial charge in [0.15, 0.2) is 0 Å². The van der Waals surface area contributed by atoms with Crippen LogP contribution in [0.1, 0.15) is 23.0 Å². The van der Waals surface area contributed by atoms with Gasteiger partial charge in [-0.25, -0.2) is 9.18 Å². The predicted molar refractivity (Wildman–Crippen MR) is 139 cm³/mol. The van der Waals surface area contributed by atoms with Crippen molar-refractivity contribution in [2.75, 3.05) is 32.1 Å². The first-order valence-electron chi connectivity index (χ1n) is 11.8. The molecule has 1 N–H and O–H groups in total. The van der Waals surface area contributed by atoms with E-state index in [0.29, 0.717) is 43.3 Å². The summed E-state index contributed by atoms with van der Waals surface area (Å²) >= 11 is 1.58. The van der Waals surface area contributed by atoms with Crippen molar-refractivity contribution in [2.45, 2.75) is 19.5 Å². The number of amides is 3. The molecule has 0 spiro atoms. The number of urea groups is 1. The molecule has 0 bridgehead atoms. The molecule has 0 radical (unpaired) electrons. The summed E-state index contributed by atoms with van der Waals surface area (Å²) in [5, 5.41) is 5.93. The molecule has 3 amide bonds. The van der Waals surface area contributed by atoms with Crippen LogP contribution in [0.25, 0.3) is 10.2 Å². The first-order valence-corrected chi connectivity index (χ1v) is 12.6. The van der Waals surface area contributed by atoms with Crippen molar-refractivity contribution < 1.29 is 18.7 Å². The van der Waals surface area contributed by atoms with Gasteiger partial charge in [-0.3, -0.25) is 4.79 Å². The van der Waals surface area contributed by atoms with E-state index in [0.717, 1.165) is 15.8 Å².